The van der Waals surface area contributed by atoms with E-state index in [0.29, 0.717) is 23.6 Å². The number of hydrogen-bond acceptors (Lipinski definition) is 7. The first-order valence-corrected chi connectivity index (χ1v) is 7.81. The van der Waals surface area contributed by atoms with E-state index >= 15 is 0 Å². The Bertz CT molecular complexity index is 877. The van der Waals surface area contributed by atoms with Crippen LogP contribution in [0.1, 0.15) is 31.3 Å². The highest BCUT2D eigenvalue weighted by molar-refractivity contribution is 5.69. The fraction of sp³-hybridized carbons (Fsp3) is 0.235. The van der Waals surface area contributed by atoms with Crippen molar-refractivity contribution in [3.05, 3.63) is 64.2 Å². The first kappa shape index (κ1) is 16.6. The average Bonchev–Trinajstić information content (AvgIpc) is 3.11. The molecule has 0 aliphatic carbocycles. The SMILES string of the molecule is CC(C)c1noc(-c2ccc(NCc3ccccn3)c([N+](=O)[O-])c2)n1. The van der Waals surface area contributed by atoms with E-state index in [0.717, 1.165) is 5.69 Å². The maximum Gasteiger partial charge on any atom is 0.293 e. The van der Waals surface area contributed by atoms with Crippen LogP contribution in [0.4, 0.5) is 11.4 Å². The normalized spacial score (nSPS) is 10.8. The van der Waals surface area contributed by atoms with Crippen molar-refractivity contribution in [2.24, 2.45) is 0 Å². The van der Waals surface area contributed by atoms with Crippen molar-refractivity contribution in [2.75, 3.05) is 5.32 Å². The van der Waals surface area contributed by atoms with Crippen molar-refractivity contribution in [1.29, 1.82) is 0 Å². The van der Waals surface area contributed by atoms with E-state index in [1.165, 1.54) is 6.07 Å². The number of hydrogen-bond donors (Lipinski definition) is 1. The molecule has 0 aliphatic rings. The summed E-state index contributed by atoms with van der Waals surface area (Å²) in [6.45, 7) is 4.28. The van der Waals surface area contributed by atoms with Gasteiger partial charge < -0.3 is 9.84 Å². The third-order valence-electron chi connectivity index (χ3n) is 3.59. The van der Waals surface area contributed by atoms with Gasteiger partial charge in [-0.05, 0) is 24.3 Å². The molecule has 0 fully saturated rings. The molecule has 0 amide bonds. The van der Waals surface area contributed by atoms with Gasteiger partial charge in [-0.15, -0.1) is 0 Å². The van der Waals surface area contributed by atoms with Crippen LogP contribution in [0, 0.1) is 10.1 Å². The smallest absolute Gasteiger partial charge is 0.293 e. The second-order valence-corrected chi connectivity index (χ2v) is 5.78. The van der Waals surface area contributed by atoms with Gasteiger partial charge in [0.05, 0.1) is 17.2 Å². The van der Waals surface area contributed by atoms with E-state index in [-0.39, 0.29) is 17.5 Å². The van der Waals surface area contributed by atoms with Crippen LogP contribution in [-0.4, -0.2) is 20.0 Å². The summed E-state index contributed by atoms with van der Waals surface area (Å²) in [6, 6.07) is 10.3. The van der Waals surface area contributed by atoms with Crippen LogP contribution < -0.4 is 5.32 Å². The Hall–Kier alpha value is -3.29. The van der Waals surface area contributed by atoms with Gasteiger partial charge in [0.2, 0.25) is 0 Å². The van der Waals surface area contributed by atoms with Gasteiger partial charge in [-0.1, -0.05) is 25.1 Å². The van der Waals surface area contributed by atoms with Gasteiger partial charge in [0, 0.05) is 23.7 Å². The Labute approximate surface area is 144 Å². The number of nitro groups is 1. The van der Waals surface area contributed by atoms with E-state index in [1.54, 1.807) is 18.3 Å². The van der Waals surface area contributed by atoms with Crippen LogP contribution in [0.5, 0.6) is 0 Å². The first-order chi connectivity index (χ1) is 12.0. The fourth-order valence-electron chi connectivity index (χ4n) is 2.24. The molecule has 0 spiro atoms. The Morgan fingerprint density at radius 3 is 2.76 bits per heavy atom. The fourth-order valence-corrected chi connectivity index (χ4v) is 2.24. The third kappa shape index (κ3) is 3.79. The maximum absolute atomic E-state index is 11.4. The van der Waals surface area contributed by atoms with Crippen molar-refractivity contribution in [3.8, 4) is 11.5 Å². The molecule has 0 saturated carbocycles. The number of pyridine rings is 1. The minimum Gasteiger partial charge on any atom is -0.374 e. The predicted octanol–water partition coefficient (Wildman–Crippen LogP) is 3.78. The molecular formula is C17H17N5O3. The molecule has 128 valence electrons. The quantitative estimate of drug-likeness (QED) is 0.538. The summed E-state index contributed by atoms with van der Waals surface area (Å²) in [5.74, 6) is 0.949. The zero-order valence-electron chi connectivity index (χ0n) is 13.8. The van der Waals surface area contributed by atoms with Crippen molar-refractivity contribution in [1.82, 2.24) is 15.1 Å². The molecular weight excluding hydrogens is 322 g/mol. The van der Waals surface area contributed by atoms with Gasteiger partial charge in [0.25, 0.3) is 11.6 Å². The zero-order valence-corrected chi connectivity index (χ0v) is 13.8. The first-order valence-electron chi connectivity index (χ1n) is 7.81. The zero-order chi connectivity index (χ0) is 17.8. The van der Waals surface area contributed by atoms with Gasteiger partial charge >= 0.3 is 0 Å². The largest absolute Gasteiger partial charge is 0.374 e. The number of nitrogens with one attached hydrogen (secondary N) is 1. The molecule has 3 aromatic rings. The topological polar surface area (TPSA) is 107 Å². The molecule has 8 nitrogen and oxygen atoms in total. The molecule has 0 bridgehead atoms. The summed E-state index contributed by atoms with van der Waals surface area (Å²) < 4.78 is 5.20. The molecule has 8 heteroatoms. The molecule has 3 rings (SSSR count). The average molecular weight is 339 g/mol. The van der Waals surface area contributed by atoms with Crippen LogP contribution >= 0.6 is 0 Å². The van der Waals surface area contributed by atoms with Gasteiger partial charge in [-0.25, -0.2) is 0 Å². The van der Waals surface area contributed by atoms with Gasteiger partial charge in [-0.3, -0.25) is 15.1 Å². The van der Waals surface area contributed by atoms with Gasteiger partial charge in [0.1, 0.15) is 5.69 Å². The molecule has 0 radical (unpaired) electrons. The van der Waals surface area contributed by atoms with Crippen molar-refractivity contribution in [3.63, 3.8) is 0 Å². The third-order valence-corrected chi connectivity index (χ3v) is 3.59. The van der Waals surface area contributed by atoms with E-state index in [1.807, 2.05) is 32.0 Å². The highest BCUT2D eigenvalue weighted by atomic mass is 16.6. The number of nitrogens with zero attached hydrogens (tertiary/aromatic N) is 4. The molecule has 1 N–H and O–H groups in total. The minimum atomic E-state index is -0.440. The number of nitro benzene ring substituents is 1. The number of anilines is 1. The van der Waals surface area contributed by atoms with Crippen molar-refractivity contribution in [2.45, 2.75) is 26.3 Å². The number of aromatic nitrogens is 3. The van der Waals surface area contributed by atoms with Crippen LogP contribution in [0.3, 0.4) is 0 Å². The molecule has 0 unspecified atom stereocenters. The summed E-state index contributed by atoms with van der Waals surface area (Å²) in [5, 5.41) is 18.3. The van der Waals surface area contributed by atoms with Crippen molar-refractivity contribution < 1.29 is 9.45 Å². The lowest BCUT2D eigenvalue weighted by molar-refractivity contribution is -0.383. The van der Waals surface area contributed by atoms with E-state index in [2.05, 4.69) is 20.4 Å². The summed E-state index contributed by atoms with van der Waals surface area (Å²) in [4.78, 5) is 19.4. The number of benzene rings is 1. The minimum absolute atomic E-state index is 0.0577. The second-order valence-electron chi connectivity index (χ2n) is 5.78. The lowest BCUT2D eigenvalue weighted by atomic mass is 10.1. The standard InChI is InChI=1S/C17H17N5O3/c1-11(2)16-20-17(25-21-16)12-6-7-14(15(9-12)22(23)24)19-10-13-5-3-4-8-18-13/h3-9,11,19H,10H2,1-2H3. The Balaban J connectivity index is 1.86. The summed E-state index contributed by atoms with van der Waals surface area (Å²) in [5.41, 5.74) is 1.65. The Kier molecular flexibility index (Phi) is 4.69. The predicted molar refractivity (Wildman–Crippen MR) is 92.0 cm³/mol. The van der Waals surface area contributed by atoms with Gasteiger partial charge in [-0.2, -0.15) is 4.98 Å². The molecule has 0 aliphatic heterocycles. The van der Waals surface area contributed by atoms with E-state index < -0.39 is 4.92 Å². The van der Waals surface area contributed by atoms with E-state index in [9.17, 15) is 10.1 Å². The Morgan fingerprint density at radius 2 is 2.12 bits per heavy atom. The summed E-state index contributed by atoms with van der Waals surface area (Å²) >= 11 is 0. The van der Waals surface area contributed by atoms with Crippen LogP contribution in [0.15, 0.2) is 47.1 Å². The second kappa shape index (κ2) is 7.08. The van der Waals surface area contributed by atoms with Crippen LogP contribution in [0.25, 0.3) is 11.5 Å². The maximum atomic E-state index is 11.4. The molecule has 0 atom stereocenters. The van der Waals surface area contributed by atoms with Gasteiger partial charge in [0.15, 0.2) is 5.82 Å². The van der Waals surface area contributed by atoms with Crippen LogP contribution in [0.2, 0.25) is 0 Å². The van der Waals surface area contributed by atoms with Crippen molar-refractivity contribution >= 4 is 11.4 Å². The molecule has 2 heterocycles. The lowest BCUT2D eigenvalue weighted by Crippen LogP contribution is -2.04. The molecule has 25 heavy (non-hydrogen) atoms. The highest BCUT2D eigenvalue weighted by Crippen LogP contribution is 2.30. The molecule has 2 aromatic heterocycles. The summed E-state index contributed by atoms with van der Waals surface area (Å²) in [6.07, 6.45) is 1.68. The summed E-state index contributed by atoms with van der Waals surface area (Å²) in [7, 11) is 0. The molecule has 0 saturated heterocycles. The monoisotopic (exact) mass is 339 g/mol. The van der Waals surface area contributed by atoms with Crippen LogP contribution in [-0.2, 0) is 6.54 Å². The highest BCUT2D eigenvalue weighted by Gasteiger charge is 2.18. The lowest BCUT2D eigenvalue weighted by Gasteiger charge is -2.07. The number of rotatable bonds is 6. The van der Waals surface area contributed by atoms with E-state index in [4.69, 9.17) is 4.52 Å². The Morgan fingerprint density at radius 1 is 1.28 bits per heavy atom. The molecule has 1 aromatic carbocycles.